The third kappa shape index (κ3) is 3.06. The van der Waals surface area contributed by atoms with E-state index in [0.717, 1.165) is 12.1 Å². The second-order valence-electron chi connectivity index (χ2n) is 3.42. The van der Waals surface area contributed by atoms with Gasteiger partial charge in [-0.05, 0) is 24.6 Å². The molecule has 1 aromatic carbocycles. The second-order valence-corrected chi connectivity index (χ2v) is 3.42. The van der Waals surface area contributed by atoms with Gasteiger partial charge in [-0.3, -0.25) is 0 Å². The molecule has 5 heteroatoms. The van der Waals surface area contributed by atoms with Crippen molar-refractivity contribution < 1.29 is 17.6 Å². The Balaban J connectivity index is 3.29. The Kier molecular flexibility index (Phi) is 3.70. The van der Waals surface area contributed by atoms with Crippen LogP contribution >= 0.6 is 0 Å². The largest absolute Gasteiger partial charge is 0.417 e. The predicted molar refractivity (Wildman–Crippen MR) is 54.1 cm³/mol. The van der Waals surface area contributed by atoms with Gasteiger partial charge < -0.3 is 5.73 Å². The molecule has 1 rings (SSSR count). The Bertz CT molecular complexity index is 407. The maximum absolute atomic E-state index is 12.8. The van der Waals surface area contributed by atoms with E-state index in [-0.39, 0.29) is 12.1 Å². The Morgan fingerprint density at radius 1 is 1.38 bits per heavy atom. The summed E-state index contributed by atoms with van der Waals surface area (Å²) in [5, 5.41) is 0. The fourth-order valence-electron chi connectivity index (χ4n) is 1.22. The van der Waals surface area contributed by atoms with Gasteiger partial charge in [-0.1, -0.05) is 17.7 Å². The molecule has 1 nitrogen and oxygen atoms in total. The molecule has 0 amide bonds. The first kappa shape index (κ1) is 12.7. The highest BCUT2D eigenvalue weighted by atomic mass is 19.4. The summed E-state index contributed by atoms with van der Waals surface area (Å²) < 4.78 is 50.4. The summed E-state index contributed by atoms with van der Waals surface area (Å²) in [4.78, 5) is 0. The molecular formula is C11H11F4N. The van der Waals surface area contributed by atoms with E-state index in [1.807, 2.05) is 0 Å². The molecule has 0 radical (unpaired) electrons. The lowest BCUT2D eigenvalue weighted by Crippen LogP contribution is -2.08. The van der Waals surface area contributed by atoms with Crippen molar-refractivity contribution in [1.29, 1.82) is 0 Å². The second kappa shape index (κ2) is 4.65. The Hall–Kier alpha value is -1.36. The minimum atomic E-state index is -4.57. The molecule has 0 aliphatic carbocycles. The number of nitrogens with two attached hydrogens (primary N) is 1. The van der Waals surface area contributed by atoms with Gasteiger partial charge in [0.25, 0.3) is 0 Å². The molecule has 0 spiro atoms. The lowest BCUT2D eigenvalue weighted by Gasteiger charge is -2.11. The highest BCUT2D eigenvalue weighted by Gasteiger charge is 2.33. The Morgan fingerprint density at radius 3 is 2.50 bits per heavy atom. The first-order chi connectivity index (χ1) is 7.34. The van der Waals surface area contributed by atoms with Crippen molar-refractivity contribution in [3.8, 4) is 0 Å². The standard InChI is InChI=1S/C11H11F4N/c1-7(6-16)4-8-2-3-9(12)5-10(8)11(13,14)15/h2-5H,6,16H2,1H3/b7-4-. The molecular weight excluding hydrogens is 222 g/mol. The normalized spacial score (nSPS) is 13.0. The predicted octanol–water partition coefficient (Wildman–Crippen LogP) is 3.21. The molecule has 0 heterocycles. The number of halogens is 4. The van der Waals surface area contributed by atoms with Gasteiger partial charge in [0.2, 0.25) is 0 Å². The molecule has 0 fully saturated rings. The molecule has 88 valence electrons. The third-order valence-corrected chi connectivity index (χ3v) is 2.04. The molecule has 0 aliphatic heterocycles. The van der Waals surface area contributed by atoms with Crippen LogP contribution in [0.1, 0.15) is 18.1 Å². The van der Waals surface area contributed by atoms with E-state index in [1.165, 1.54) is 6.08 Å². The number of benzene rings is 1. The van der Waals surface area contributed by atoms with Crippen molar-refractivity contribution in [2.24, 2.45) is 5.73 Å². The van der Waals surface area contributed by atoms with E-state index in [2.05, 4.69) is 0 Å². The van der Waals surface area contributed by atoms with Gasteiger partial charge in [0, 0.05) is 6.54 Å². The summed E-state index contributed by atoms with van der Waals surface area (Å²) in [6.07, 6.45) is -3.26. The van der Waals surface area contributed by atoms with Gasteiger partial charge in [0.05, 0.1) is 5.56 Å². The van der Waals surface area contributed by atoms with Gasteiger partial charge in [0.15, 0.2) is 0 Å². The van der Waals surface area contributed by atoms with Crippen LogP contribution in [-0.2, 0) is 6.18 Å². The summed E-state index contributed by atoms with van der Waals surface area (Å²) in [5.41, 5.74) is 4.82. The molecule has 1 aromatic rings. The van der Waals surface area contributed by atoms with Gasteiger partial charge in [-0.2, -0.15) is 13.2 Å². The lowest BCUT2D eigenvalue weighted by atomic mass is 10.0. The summed E-state index contributed by atoms with van der Waals surface area (Å²) in [6, 6.07) is 2.57. The van der Waals surface area contributed by atoms with Crippen LogP contribution < -0.4 is 5.73 Å². The van der Waals surface area contributed by atoms with E-state index >= 15 is 0 Å². The molecule has 0 bridgehead atoms. The fraction of sp³-hybridized carbons (Fsp3) is 0.273. The molecule has 0 saturated heterocycles. The third-order valence-electron chi connectivity index (χ3n) is 2.04. The molecule has 0 unspecified atom stereocenters. The fourth-order valence-corrected chi connectivity index (χ4v) is 1.22. The van der Waals surface area contributed by atoms with Crippen molar-refractivity contribution in [1.82, 2.24) is 0 Å². The number of hydrogen-bond acceptors (Lipinski definition) is 1. The maximum Gasteiger partial charge on any atom is 0.417 e. The van der Waals surface area contributed by atoms with E-state index in [9.17, 15) is 17.6 Å². The summed E-state index contributed by atoms with van der Waals surface area (Å²) in [7, 11) is 0. The molecule has 0 atom stereocenters. The molecule has 2 N–H and O–H groups in total. The van der Waals surface area contributed by atoms with E-state index in [4.69, 9.17) is 5.73 Å². The van der Waals surface area contributed by atoms with Crippen LogP contribution in [0.5, 0.6) is 0 Å². The smallest absolute Gasteiger partial charge is 0.327 e. The van der Waals surface area contributed by atoms with Crippen molar-refractivity contribution in [2.75, 3.05) is 6.54 Å². The zero-order valence-electron chi connectivity index (χ0n) is 8.61. The van der Waals surface area contributed by atoms with E-state index in [0.29, 0.717) is 11.6 Å². The molecule has 0 aliphatic rings. The first-order valence-corrected chi connectivity index (χ1v) is 4.58. The zero-order valence-corrected chi connectivity index (χ0v) is 8.61. The minimum Gasteiger partial charge on any atom is -0.327 e. The van der Waals surface area contributed by atoms with Crippen LogP contribution in [-0.4, -0.2) is 6.54 Å². The van der Waals surface area contributed by atoms with E-state index in [1.54, 1.807) is 6.92 Å². The highest BCUT2D eigenvalue weighted by Crippen LogP contribution is 2.33. The lowest BCUT2D eigenvalue weighted by molar-refractivity contribution is -0.137. The zero-order chi connectivity index (χ0) is 12.3. The van der Waals surface area contributed by atoms with Gasteiger partial charge in [-0.15, -0.1) is 0 Å². The monoisotopic (exact) mass is 233 g/mol. The summed E-state index contributed by atoms with van der Waals surface area (Å²) in [5.74, 6) is -0.908. The van der Waals surface area contributed by atoms with E-state index < -0.39 is 17.6 Å². The number of rotatable bonds is 2. The van der Waals surface area contributed by atoms with Crippen molar-refractivity contribution >= 4 is 6.08 Å². The quantitative estimate of drug-likeness (QED) is 0.780. The van der Waals surface area contributed by atoms with Crippen LogP contribution in [0.15, 0.2) is 23.8 Å². The number of hydrogen-bond donors (Lipinski definition) is 1. The van der Waals surface area contributed by atoms with Crippen molar-refractivity contribution in [3.05, 3.63) is 40.7 Å². The Morgan fingerprint density at radius 2 is 2.00 bits per heavy atom. The van der Waals surface area contributed by atoms with Crippen LogP contribution in [0.2, 0.25) is 0 Å². The van der Waals surface area contributed by atoms with Crippen LogP contribution in [0.3, 0.4) is 0 Å². The van der Waals surface area contributed by atoms with Gasteiger partial charge in [0.1, 0.15) is 5.82 Å². The molecule has 0 aromatic heterocycles. The maximum atomic E-state index is 12.8. The van der Waals surface area contributed by atoms with Crippen molar-refractivity contribution in [2.45, 2.75) is 13.1 Å². The van der Waals surface area contributed by atoms with Crippen molar-refractivity contribution in [3.63, 3.8) is 0 Å². The average Bonchev–Trinajstić information content (AvgIpc) is 2.19. The summed E-state index contributed by atoms with van der Waals surface area (Å²) >= 11 is 0. The topological polar surface area (TPSA) is 26.0 Å². The average molecular weight is 233 g/mol. The van der Waals surface area contributed by atoms with Crippen LogP contribution in [0, 0.1) is 5.82 Å². The van der Waals surface area contributed by atoms with Gasteiger partial charge >= 0.3 is 6.18 Å². The van der Waals surface area contributed by atoms with Crippen LogP contribution in [0.25, 0.3) is 6.08 Å². The van der Waals surface area contributed by atoms with Gasteiger partial charge in [-0.25, -0.2) is 4.39 Å². The highest BCUT2D eigenvalue weighted by molar-refractivity contribution is 5.57. The first-order valence-electron chi connectivity index (χ1n) is 4.58. The summed E-state index contributed by atoms with van der Waals surface area (Å²) in [6.45, 7) is 1.78. The van der Waals surface area contributed by atoms with Crippen LogP contribution in [0.4, 0.5) is 17.6 Å². The minimum absolute atomic E-state index is 0.0724. The molecule has 0 saturated carbocycles. The molecule has 16 heavy (non-hydrogen) atoms. The Labute approximate surface area is 90.6 Å². The SMILES string of the molecule is C/C(=C/c1ccc(F)cc1C(F)(F)F)CN. The number of alkyl halides is 3.